The predicted octanol–water partition coefficient (Wildman–Crippen LogP) is 3.07. The van der Waals surface area contributed by atoms with Gasteiger partial charge in [-0.1, -0.05) is 25.0 Å². The molecule has 1 aromatic carbocycles. The molecule has 0 bridgehead atoms. The number of piperazine rings is 1. The molecule has 0 unspecified atom stereocenters. The Hall–Kier alpha value is -2.83. The zero-order valence-electron chi connectivity index (χ0n) is 16.3. The van der Waals surface area contributed by atoms with E-state index in [2.05, 4.69) is 20.2 Å². The van der Waals surface area contributed by atoms with Crippen LogP contribution in [0.2, 0.25) is 0 Å². The van der Waals surface area contributed by atoms with Gasteiger partial charge in [-0.25, -0.2) is 4.98 Å². The number of nitrogens with one attached hydrogen (secondary N) is 1. The molecule has 0 spiro atoms. The second kappa shape index (κ2) is 8.46. The van der Waals surface area contributed by atoms with E-state index in [9.17, 15) is 4.79 Å². The molecule has 2 heterocycles. The Kier molecular flexibility index (Phi) is 5.60. The van der Waals surface area contributed by atoms with Crippen molar-refractivity contribution in [3.63, 3.8) is 0 Å². The van der Waals surface area contributed by atoms with Crippen LogP contribution in [0.25, 0.3) is 0 Å². The van der Waals surface area contributed by atoms with E-state index in [1.807, 2.05) is 35.2 Å². The highest BCUT2D eigenvalue weighted by atomic mass is 16.5. The Balaban J connectivity index is 1.39. The van der Waals surface area contributed by atoms with Crippen LogP contribution in [0.3, 0.4) is 0 Å². The first-order valence-electron chi connectivity index (χ1n) is 10.0. The maximum atomic E-state index is 12.6. The van der Waals surface area contributed by atoms with Gasteiger partial charge in [0, 0.05) is 38.3 Å². The summed E-state index contributed by atoms with van der Waals surface area (Å²) in [7, 11) is 1.65. The van der Waals surface area contributed by atoms with E-state index in [0.717, 1.165) is 56.3 Å². The highest BCUT2D eigenvalue weighted by Gasteiger charge is 2.29. The molecule has 7 nitrogen and oxygen atoms in total. The normalized spacial score (nSPS) is 17.6. The van der Waals surface area contributed by atoms with Gasteiger partial charge in [-0.3, -0.25) is 4.79 Å². The van der Waals surface area contributed by atoms with E-state index in [1.165, 1.54) is 12.8 Å². The van der Waals surface area contributed by atoms with E-state index >= 15 is 0 Å². The number of amides is 1. The van der Waals surface area contributed by atoms with Crippen LogP contribution in [0.1, 0.15) is 25.7 Å². The summed E-state index contributed by atoms with van der Waals surface area (Å²) in [6, 6.07) is 9.59. The molecule has 2 aromatic rings. The Morgan fingerprint density at radius 1 is 1.11 bits per heavy atom. The lowest BCUT2D eigenvalue weighted by Gasteiger charge is -2.36. The van der Waals surface area contributed by atoms with Crippen molar-refractivity contribution in [3.05, 3.63) is 36.5 Å². The van der Waals surface area contributed by atoms with Crippen LogP contribution < -0.4 is 15.0 Å². The van der Waals surface area contributed by atoms with Gasteiger partial charge in [-0.15, -0.1) is 0 Å². The van der Waals surface area contributed by atoms with Crippen molar-refractivity contribution >= 4 is 23.4 Å². The van der Waals surface area contributed by atoms with Crippen molar-refractivity contribution in [2.24, 2.45) is 5.92 Å². The van der Waals surface area contributed by atoms with Gasteiger partial charge in [0.25, 0.3) is 0 Å². The molecule has 1 saturated heterocycles. The fraction of sp³-hybridized carbons (Fsp3) is 0.476. The summed E-state index contributed by atoms with van der Waals surface area (Å²) in [5.74, 6) is 2.76. The Labute approximate surface area is 165 Å². The van der Waals surface area contributed by atoms with Crippen molar-refractivity contribution in [3.8, 4) is 5.75 Å². The van der Waals surface area contributed by atoms with Crippen molar-refractivity contribution in [1.29, 1.82) is 0 Å². The molecule has 1 saturated carbocycles. The first-order valence-corrected chi connectivity index (χ1v) is 10.0. The average molecular weight is 381 g/mol. The number of para-hydroxylation sites is 2. The standard InChI is InChI=1S/C21H27N5O2/c1-28-18-9-5-4-8-17(18)23-19-10-11-22-21(24-19)26-14-12-25(13-15-26)20(27)16-6-2-3-7-16/h4-5,8-11,16H,2-3,6-7,12-15H2,1H3,(H,22,23,24). The van der Waals surface area contributed by atoms with E-state index in [0.29, 0.717) is 11.9 Å². The average Bonchev–Trinajstić information content (AvgIpc) is 3.29. The quantitative estimate of drug-likeness (QED) is 0.858. The number of carbonyl (C=O) groups excluding carboxylic acids is 1. The monoisotopic (exact) mass is 381 g/mol. The number of ether oxygens (including phenoxy) is 1. The molecule has 2 aliphatic rings. The van der Waals surface area contributed by atoms with Gasteiger partial charge in [0.05, 0.1) is 12.8 Å². The predicted molar refractivity (Wildman–Crippen MR) is 109 cm³/mol. The number of rotatable bonds is 5. The van der Waals surface area contributed by atoms with Crippen LogP contribution in [-0.4, -0.2) is 54.1 Å². The summed E-state index contributed by atoms with van der Waals surface area (Å²) >= 11 is 0. The summed E-state index contributed by atoms with van der Waals surface area (Å²) in [4.78, 5) is 25.9. The van der Waals surface area contributed by atoms with E-state index < -0.39 is 0 Å². The topological polar surface area (TPSA) is 70.6 Å². The van der Waals surface area contributed by atoms with Crippen LogP contribution in [0.5, 0.6) is 5.75 Å². The van der Waals surface area contributed by atoms with E-state index in [1.54, 1.807) is 13.3 Å². The van der Waals surface area contributed by atoms with Gasteiger partial charge >= 0.3 is 0 Å². The molecular formula is C21H27N5O2. The van der Waals surface area contributed by atoms with E-state index in [-0.39, 0.29) is 5.92 Å². The molecule has 28 heavy (non-hydrogen) atoms. The van der Waals surface area contributed by atoms with Crippen LogP contribution in [0.4, 0.5) is 17.5 Å². The third-order valence-electron chi connectivity index (χ3n) is 5.59. The highest BCUT2D eigenvalue weighted by molar-refractivity contribution is 5.79. The molecule has 1 N–H and O–H groups in total. The third-order valence-corrected chi connectivity index (χ3v) is 5.59. The highest BCUT2D eigenvalue weighted by Crippen LogP contribution is 2.28. The second-order valence-corrected chi connectivity index (χ2v) is 7.36. The number of carbonyl (C=O) groups is 1. The lowest BCUT2D eigenvalue weighted by atomic mass is 10.1. The van der Waals surface area contributed by atoms with Crippen molar-refractivity contribution in [1.82, 2.24) is 14.9 Å². The Bertz CT molecular complexity index is 814. The van der Waals surface area contributed by atoms with Gasteiger partial charge in [-0.2, -0.15) is 4.98 Å². The van der Waals surface area contributed by atoms with E-state index in [4.69, 9.17) is 4.74 Å². The number of hydrogen-bond donors (Lipinski definition) is 1. The van der Waals surface area contributed by atoms with Crippen molar-refractivity contribution in [2.75, 3.05) is 43.5 Å². The Morgan fingerprint density at radius 3 is 2.61 bits per heavy atom. The summed E-state index contributed by atoms with van der Waals surface area (Å²) in [6.45, 7) is 3.00. The minimum absolute atomic E-state index is 0.246. The van der Waals surface area contributed by atoms with Crippen LogP contribution in [0.15, 0.2) is 36.5 Å². The third kappa shape index (κ3) is 4.03. The maximum absolute atomic E-state index is 12.6. The number of benzene rings is 1. The fourth-order valence-corrected chi connectivity index (χ4v) is 4.01. The lowest BCUT2D eigenvalue weighted by molar-refractivity contribution is -0.135. The van der Waals surface area contributed by atoms with Crippen LogP contribution in [0, 0.1) is 5.92 Å². The molecule has 1 aromatic heterocycles. The van der Waals surface area contributed by atoms with Crippen LogP contribution in [-0.2, 0) is 4.79 Å². The lowest BCUT2D eigenvalue weighted by Crippen LogP contribution is -2.50. The maximum Gasteiger partial charge on any atom is 0.227 e. The molecular weight excluding hydrogens is 354 g/mol. The molecule has 4 rings (SSSR count). The smallest absolute Gasteiger partial charge is 0.227 e. The number of aromatic nitrogens is 2. The number of nitrogens with zero attached hydrogens (tertiary/aromatic N) is 4. The number of anilines is 3. The molecule has 7 heteroatoms. The van der Waals surface area contributed by atoms with Gasteiger partial charge in [0.1, 0.15) is 11.6 Å². The summed E-state index contributed by atoms with van der Waals surface area (Å²) < 4.78 is 5.39. The second-order valence-electron chi connectivity index (χ2n) is 7.36. The summed E-state index contributed by atoms with van der Waals surface area (Å²) in [5, 5.41) is 3.30. The van der Waals surface area contributed by atoms with Gasteiger partial charge in [0.15, 0.2) is 0 Å². The summed E-state index contributed by atoms with van der Waals surface area (Å²) in [5.41, 5.74) is 0.863. The van der Waals surface area contributed by atoms with Crippen molar-refractivity contribution < 1.29 is 9.53 Å². The first kappa shape index (κ1) is 18.5. The SMILES string of the molecule is COc1ccccc1Nc1ccnc(N2CCN(C(=O)C3CCCC3)CC2)n1. The minimum atomic E-state index is 0.246. The number of methoxy groups -OCH3 is 1. The minimum Gasteiger partial charge on any atom is -0.495 e. The fourth-order valence-electron chi connectivity index (χ4n) is 4.01. The largest absolute Gasteiger partial charge is 0.495 e. The molecule has 148 valence electrons. The number of hydrogen-bond acceptors (Lipinski definition) is 6. The zero-order chi connectivity index (χ0) is 19.3. The summed E-state index contributed by atoms with van der Waals surface area (Å²) in [6.07, 6.45) is 6.25. The molecule has 1 amide bonds. The molecule has 1 aliphatic carbocycles. The first-order chi connectivity index (χ1) is 13.7. The van der Waals surface area contributed by atoms with Crippen molar-refractivity contribution in [2.45, 2.75) is 25.7 Å². The van der Waals surface area contributed by atoms with Gasteiger partial charge < -0.3 is 19.9 Å². The molecule has 0 radical (unpaired) electrons. The van der Waals surface area contributed by atoms with Crippen LogP contribution >= 0.6 is 0 Å². The molecule has 2 fully saturated rings. The van der Waals surface area contributed by atoms with Gasteiger partial charge in [-0.05, 0) is 31.0 Å². The Morgan fingerprint density at radius 2 is 1.86 bits per heavy atom. The molecule has 0 atom stereocenters. The molecule has 1 aliphatic heterocycles. The zero-order valence-corrected chi connectivity index (χ0v) is 16.3. The van der Waals surface area contributed by atoms with Gasteiger partial charge in [0.2, 0.25) is 11.9 Å².